The fourth-order valence-corrected chi connectivity index (χ4v) is 1.65. The van der Waals surface area contributed by atoms with E-state index in [1.807, 2.05) is 6.07 Å². The Morgan fingerprint density at radius 1 is 1.56 bits per heavy atom. The van der Waals surface area contributed by atoms with Crippen molar-refractivity contribution >= 4 is 0 Å². The van der Waals surface area contributed by atoms with Gasteiger partial charge in [0, 0.05) is 5.56 Å². The van der Waals surface area contributed by atoms with Gasteiger partial charge in [-0.1, -0.05) is 19.8 Å². The number of aromatic amines is 1. The van der Waals surface area contributed by atoms with E-state index in [1.165, 1.54) is 0 Å². The first-order valence-corrected chi connectivity index (χ1v) is 5.64. The van der Waals surface area contributed by atoms with Crippen LogP contribution >= 0.6 is 0 Å². The number of rotatable bonds is 5. The average Bonchev–Trinajstić information content (AvgIpc) is 2.94. The van der Waals surface area contributed by atoms with E-state index in [-0.39, 0.29) is 6.04 Å². The summed E-state index contributed by atoms with van der Waals surface area (Å²) < 4.78 is 5.02. The van der Waals surface area contributed by atoms with E-state index in [0.29, 0.717) is 0 Å². The van der Waals surface area contributed by atoms with Crippen LogP contribution in [0.4, 0.5) is 0 Å². The number of aromatic nitrogens is 2. The minimum atomic E-state index is 0.000557. The number of unbranched alkanes of at least 4 members (excludes halogenated alkanes) is 1. The number of H-pyrrole nitrogens is 1. The van der Waals surface area contributed by atoms with Gasteiger partial charge >= 0.3 is 0 Å². The fraction of sp³-hybridized carbons (Fsp3) is 0.417. The smallest absolute Gasteiger partial charge is 0.123 e. The van der Waals surface area contributed by atoms with E-state index in [1.54, 1.807) is 18.7 Å². The minimum Gasteiger partial charge on any atom is -0.472 e. The SMILES string of the molecule is CCCCC(N)c1ncc(-c2ccoc2)[nH]1. The van der Waals surface area contributed by atoms with Crippen molar-refractivity contribution in [3.05, 3.63) is 30.6 Å². The lowest BCUT2D eigenvalue weighted by molar-refractivity contribution is 0.568. The molecule has 0 fully saturated rings. The first-order chi connectivity index (χ1) is 7.81. The Bertz CT molecular complexity index is 419. The van der Waals surface area contributed by atoms with E-state index >= 15 is 0 Å². The Morgan fingerprint density at radius 3 is 3.12 bits per heavy atom. The molecular formula is C12H17N3O. The van der Waals surface area contributed by atoms with Gasteiger partial charge in [-0.15, -0.1) is 0 Å². The zero-order valence-corrected chi connectivity index (χ0v) is 9.44. The van der Waals surface area contributed by atoms with Crippen molar-refractivity contribution in [1.29, 1.82) is 0 Å². The van der Waals surface area contributed by atoms with Gasteiger partial charge in [0.05, 0.1) is 30.5 Å². The largest absolute Gasteiger partial charge is 0.472 e. The van der Waals surface area contributed by atoms with Crippen molar-refractivity contribution in [1.82, 2.24) is 9.97 Å². The number of nitrogens with two attached hydrogens (primary N) is 1. The van der Waals surface area contributed by atoms with Crippen LogP contribution < -0.4 is 5.73 Å². The van der Waals surface area contributed by atoms with Crippen LogP contribution in [-0.4, -0.2) is 9.97 Å². The van der Waals surface area contributed by atoms with Crippen LogP contribution in [0.5, 0.6) is 0 Å². The van der Waals surface area contributed by atoms with E-state index in [9.17, 15) is 0 Å². The lowest BCUT2D eigenvalue weighted by Crippen LogP contribution is -2.11. The summed E-state index contributed by atoms with van der Waals surface area (Å²) in [5, 5.41) is 0. The van der Waals surface area contributed by atoms with E-state index < -0.39 is 0 Å². The molecule has 0 aliphatic heterocycles. The molecule has 1 unspecified atom stereocenters. The molecule has 0 aliphatic rings. The topological polar surface area (TPSA) is 67.8 Å². The van der Waals surface area contributed by atoms with Crippen molar-refractivity contribution in [2.45, 2.75) is 32.2 Å². The van der Waals surface area contributed by atoms with Gasteiger partial charge in [-0.2, -0.15) is 0 Å². The van der Waals surface area contributed by atoms with E-state index in [4.69, 9.17) is 10.2 Å². The second-order valence-electron chi connectivity index (χ2n) is 3.94. The molecule has 2 heterocycles. The lowest BCUT2D eigenvalue weighted by atomic mass is 10.1. The van der Waals surface area contributed by atoms with Crippen molar-refractivity contribution < 1.29 is 4.42 Å². The Morgan fingerprint density at radius 2 is 2.44 bits per heavy atom. The first kappa shape index (κ1) is 11.0. The highest BCUT2D eigenvalue weighted by Crippen LogP contribution is 2.20. The van der Waals surface area contributed by atoms with Crippen molar-refractivity contribution in [2.75, 3.05) is 0 Å². The Balaban J connectivity index is 2.07. The summed E-state index contributed by atoms with van der Waals surface area (Å²) in [6.07, 6.45) is 8.38. The van der Waals surface area contributed by atoms with Crippen LogP contribution in [0.15, 0.2) is 29.2 Å². The van der Waals surface area contributed by atoms with E-state index in [2.05, 4.69) is 16.9 Å². The molecule has 0 saturated heterocycles. The molecule has 2 rings (SSSR count). The van der Waals surface area contributed by atoms with Gasteiger partial charge < -0.3 is 15.1 Å². The molecule has 3 N–H and O–H groups in total. The highest BCUT2D eigenvalue weighted by molar-refractivity contribution is 5.56. The van der Waals surface area contributed by atoms with Crippen molar-refractivity contribution in [3.63, 3.8) is 0 Å². The Hall–Kier alpha value is -1.55. The molecule has 0 spiro atoms. The molecule has 4 heteroatoms. The second-order valence-corrected chi connectivity index (χ2v) is 3.94. The quantitative estimate of drug-likeness (QED) is 0.812. The predicted octanol–water partition coefficient (Wildman–Crippen LogP) is 2.86. The molecule has 2 aromatic rings. The zero-order chi connectivity index (χ0) is 11.4. The van der Waals surface area contributed by atoms with Gasteiger partial charge in [0.2, 0.25) is 0 Å². The molecule has 0 aliphatic carbocycles. The molecule has 2 aromatic heterocycles. The monoisotopic (exact) mass is 219 g/mol. The van der Waals surface area contributed by atoms with Gasteiger partial charge in [-0.05, 0) is 12.5 Å². The van der Waals surface area contributed by atoms with Crippen LogP contribution in [0.25, 0.3) is 11.3 Å². The van der Waals surface area contributed by atoms with Gasteiger partial charge in [0.1, 0.15) is 5.82 Å². The van der Waals surface area contributed by atoms with Crippen LogP contribution in [-0.2, 0) is 0 Å². The summed E-state index contributed by atoms with van der Waals surface area (Å²) in [5.74, 6) is 0.852. The molecular weight excluding hydrogens is 202 g/mol. The summed E-state index contributed by atoms with van der Waals surface area (Å²) in [5.41, 5.74) is 7.99. The number of hydrogen-bond acceptors (Lipinski definition) is 3. The standard InChI is InChI=1S/C12H17N3O/c1-2-3-4-10(13)12-14-7-11(15-12)9-5-6-16-8-9/h5-8,10H,2-4,13H2,1H3,(H,14,15). The van der Waals surface area contributed by atoms with Crippen molar-refractivity contribution in [2.24, 2.45) is 5.73 Å². The summed E-state index contributed by atoms with van der Waals surface area (Å²) >= 11 is 0. The summed E-state index contributed by atoms with van der Waals surface area (Å²) in [6, 6.07) is 1.90. The van der Waals surface area contributed by atoms with Crippen molar-refractivity contribution in [3.8, 4) is 11.3 Å². The maximum atomic E-state index is 6.03. The zero-order valence-electron chi connectivity index (χ0n) is 9.44. The molecule has 0 saturated carbocycles. The average molecular weight is 219 g/mol. The normalized spacial score (nSPS) is 12.9. The minimum absolute atomic E-state index is 0.000557. The van der Waals surface area contributed by atoms with E-state index in [0.717, 1.165) is 36.3 Å². The van der Waals surface area contributed by atoms with Gasteiger partial charge in [0.15, 0.2) is 0 Å². The summed E-state index contributed by atoms with van der Waals surface area (Å²) in [6.45, 7) is 2.16. The van der Waals surface area contributed by atoms with Gasteiger partial charge in [0.25, 0.3) is 0 Å². The van der Waals surface area contributed by atoms with Crippen LogP contribution in [0.1, 0.15) is 38.1 Å². The fourth-order valence-electron chi connectivity index (χ4n) is 1.65. The van der Waals surface area contributed by atoms with Crippen LogP contribution in [0.3, 0.4) is 0 Å². The second kappa shape index (κ2) is 4.99. The molecule has 1 atom stereocenters. The van der Waals surface area contributed by atoms with Gasteiger partial charge in [-0.3, -0.25) is 0 Å². The molecule has 0 aromatic carbocycles. The summed E-state index contributed by atoms with van der Waals surface area (Å²) in [7, 11) is 0. The maximum absolute atomic E-state index is 6.03. The number of hydrogen-bond donors (Lipinski definition) is 2. The molecule has 4 nitrogen and oxygen atoms in total. The third-order valence-electron chi connectivity index (χ3n) is 2.65. The highest BCUT2D eigenvalue weighted by atomic mass is 16.3. The molecule has 0 bridgehead atoms. The maximum Gasteiger partial charge on any atom is 0.123 e. The first-order valence-electron chi connectivity index (χ1n) is 5.64. The third-order valence-corrected chi connectivity index (χ3v) is 2.65. The molecule has 16 heavy (non-hydrogen) atoms. The van der Waals surface area contributed by atoms with Gasteiger partial charge in [-0.25, -0.2) is 4.98 Å². The Kier molecular flexibility index (Phi) is 3.41. The predicted molar refractivity (Wildman–Crippen MR) is 62.7 cm³/mol. The molecule has 86 valence electrons. The lowest BCUT2D eigenvalue weighted by Gasteiger charge is -2.06. The number of furan rings is 1. The Labute approximate surface area is 94.9 Å². The molecule has 0 radical (unpaired) electrons. The summed E-state index contributed by atoms with van der Waals surface area (Å²) in [4.78, 5) is 7.53. The highest BCUT2D eigenvalue weighted by Gasteiger charge is 2.10. The third kappa shape index (κ3) is 2.33. The van der Waals surface area contributed by atoms with Crippen LogP contribution in [0.2, 0.25) is 0 Å². The molecule has 0 amide bonds. The number of nitrogens with zero attached hydrogens (tertiary/aromatic N) is 1. The number of imidazole rings is 1. The number of nitrogens with one attached hydrogen (secondary N) is 1. The van der Waals surface area contributed by atoms with Crippen LogP contribution in [0, 0.1) is 0 Å².